The molecule has 4 nitrogen and oxygen atoms in total. The highest BCUT2D eigenvalue weighted by molar-refractivity contribution is 6.44. The SMILES string of the molecule is COc1cc(C=NNc2cccc(C(F)(F)F)c2)ccc1OCc1c(Cl)ccc(Cl)c1Cl. The second-order valence-electron chi connectivity index (χ2n) is 6.47. The van der Waals surface area contributed by atoms with Crippen molar-refractivity contribution in [2.24, 2.45) is 5.10 Å². The van der Waals surface area contributed by atoms with Gasteiger partial charge < -0.3 is 9.47 Å². The van der Waals surface area contributed by atoms with Gasteiger partial charge in [0.05, 0.1) is 34.6 Å². The number of anilines is 1. The summed E-state index contributed by atoms with van der Waals surface area (Å²) < 4.78 is 49.5. The van der Waals surface area contributed by atoms with E-state index in [0.29, 0.717) is 37.7 Å². The van der Waals surface area contributed by atoms with Gasteiger partial charge in [0.2, 0.25) is 0 Å². The van der Waals surface area contributed by atoms with E-state index >= 15 is 0 Å². The molecule has 32 heavy (non-hydrogen) atoms. The van der Waals surface area contributed by atoms with Crippen LogP contribution in [0.1, 0.15) is 16.7 Å². The van der Waals surface area contributed by atoms with Gasteiger partial charge in [-0.05, 0) is 54.1 Å². The predicted octanol–water partition coefficient (Wildman–Crippen LogP) is 7.70. The zero-order valence-electron chi connectivity index (χ0n) is 16.5. The molecule has 0 unspecified atom stereocenters. The Hall–Kier alpha value is -2.61. The number of ether oxygens (including phenoxy) is 2. The first kappa shape index (κ1) is 24.0. The minimum atomic E-state index is -4.43. The molecule has 0 atom stereocenters. The van der Waals surface area contributed by atoms with Crippen LogP contribution in [-0.4, -0.2) is 13.3 Å². The first-order chi connectivity index (χ1) is 15.2. The van der Waals surface area contributed by atoms with Crippen molar-refractivity contribution in [1.29, 1.82) is 0 Å². The van der Waals surface area contributed by atoms with E-state index in [2.05, 4.69) is 10.5 Å². The molecule has 0 aliphatic carbocycles. The van der Waals surface area contributed by atoms with Crippen molar-refractivity contribution in [1.82, 2.24) is 0 Å². The van der Waals surface area contributed by atoms with Crippen LogP contribution in [-0.2, 0) is 12.8 Å². The van der Waals surface area contributed by atoms with Crippen molar-refractivity contribution in [3.63, 3.8) is 0 Å². The second kappa shape index (κ2) is 10.3. The van der Waals surface area contributed by atoms with Crippen molar-refractivity contribution in [2.45, 2.75) is 12.8 Å². The molecule has 0 spiro atoms. The molecule has 0 aliphatic heterocycles. The average molecular weight is 504 g/mol. The number of halogens is 6. The van der Waals surface area contributed by atoms with Crippen LogP contribution in [0.15, 0.2) is 59.7 Å². The van der Waals surface area contributed by atoms with Gasteiger partial charge in [-0.1, -0.05) is 40.9 Å². The number of nitrogens with zero attached hydrogens (tertiary/aromatic N) is 1. The largest absolute Gasteiger partial charge is 0.493 e. The molecule has 0 bridgehead atoms. The summed E-state index contributed by atoms with van der Waals surface area (Å²) in [4.78, 5) is 0. The van der Waals surface area contributed by atoms with Gasteiger partial charge in [-0.3, -0.25) is 5.43 Å². The van der Waals surface area contributed by atoms with E-state index in [4.69, 9.17) is 44.3 Å². The number of hydrogen-bond acceptors (Lipinski definition) is 4. The lowest BCUT2D eigenvalue weighted by molar-refractivity contribution is -0.137. The third kappa shape index (κ3) is 6.00. The number of hydrazone groups is 1. The van der Waals surface area contributed by atoms with Gasteiger partial charge >= 0.3 is 6.18 Å². The Balaban J connectivity index is 1.70. The van der Waals surface area contributed by atoms with E-state index in [1.807, 2.05) is 0 Å². The van der Waals surface area contributed by atoms with Crippen LogP contribution in [0.4, 0.5) is 18.9 Å². The Bertz CT molecular complexity index is 1140. The zero-order chi connectivity index (χ0) is 23.3. The zero-order valence-corrected chi connectivity index (χ0v) is 18.8. The van der Waals surface area contributed by atoms with Gasteiger partial charge in [0.25, 0.3) is 0 Å². The Morgan fingerprint density at radius 3 is 2.44 bits per heavy atom. The van der Waals surface area contributed by atoms with Gasteiger partial charge in [-0.15, -0.1) is 0 Å². The van der Waals surface area contributed by atoms with Crippen molar-refractivity contribution in [3.05, 3.63) is 86.4 Å². The lowest BCUT2D eigenvalue weighted by Gasteiger charge is -2.13. The molecule has 0 heterocycles. The first-order valence-corrected chi connectivity index (χ1v) is 10.2. The van der Waals surface area contributed by atoms with Gasteiger partial charge in [-0.25, -0.2) is 0 Å². The van der Waals surface area contributed by atoms with Crippen LogP contribution >= 0.6 is 34.8 Å². The lowest BCUT2D eigenvalue weighted by Crippen LogP contribution is -2.05. The maximum atomic E-state index is 12.8. The molecular formula is C22H16Cl3F3N2O2. The summed E-state index contributed by atoms with van der Waals surface area (Å²) in [5.41, 5.74) is 3.19. The first-order valence-electron chi connectivity index (χ1n) is 9.08. The van der Waals surface area contributed by atoms with E-state index < -0.39 is 11.7 Å². The summed E-state index contributed by atoms with van der Waals surface area (Å²) in [6.07, 6.45) is -2.98. The van der Waals surface area contributed by atoms with Crippen LogP contribution in [0.2, 0.25) is 15.1 Å². The summed E-state index contributed by atoms with van der Waals surface area (Å²) in [6, 6.07) is 13.0. The van der Waals surface area contributed by atoms with Crippen molar-refractivity contribution in [2.75, 3.05) is 12.5 Å². The molecule has 168 valence electrons. The lowest BCUT2D eigenvalue weighted by atomic mass is 10.2. The number of rotatable bonds is 7. The van der Waals surface area contributed by atoms with E-state index in [9.17, 15) is 13.2 Å². The summed E-state index contributed by atoms with van der Waals surface area (Å²) >= 11 is 18.4. The van der Waals surface area contributed by atoms with E-state index in [-0.39, 0.29) is 12.3 Å². The number of hydrogen-bond donors (Lipinski definition) is 1. The van der Waals surface area contributed by atoms with Crippen molar-refractivity contribution >= 4 is 46.7 Å². The van der Waals surface area contributed by atoms with Gasteiger partial charge in [0.15, 0.2) is 11.5 Å². The minimum Gasteiger partial charge on any atom is -0.493 e. The molecule has 0 aliphatic rings. The highest BCUT2D eigenvalue weighted by Gasteiger charge is 2.30. The van der Waals surface area contributed by atoms with E-state index in [1.54, 1.807) is 30.3 Å². The van der Waals surface area contributed by atoms with Crippen molar-refractivity contribution < 1.29 is 22.6 Å². The Morgan fingerprint density at radius 2 is 1.72 bits per heavy atom. The average Bonchev–Trinajstić information content (AvgIpc) is 2.76. The third-order valence-electron chi connectivity index (χ3n) is 4.30. The van der Waals surface area contributed by atoms with Crippen LogP contribution in [0.25, 0.3) is 0 Å². The second-order valence-corrected chi connectivity index (χ2v) is 7.66. The molecule has 3 aromatic carbocycles. The molecular weight excluding hydrogens is 488 g/mol. The summed E-state index contributed by atoms with van der Waals surface area (Å²) in [5.74, 6) is 0.852. The Morgan fingerprint density at radius 1 is 0.969 bits per heavy atom. The molecule has 0 radical (unpaired) electrons. The standard InChI is InChI=1S/C22H16Cl3F3N2O2/c1-31-20-9-13(11-29-30-15-4-2-3-14(10-15)22(26,27)28)5-8-19(20)32-12-16-17(23)6-7-18(24)21(16)25/h2-11,30H,12H2,1H3. The normalized spacial score (nSPS) is 11.6. The summed E-state index contributed by atoms with van der Waals surface area (Å²) in [6.45, 7) is 0.0686. The number of nitrogens with one attached hydrogen (secondary N) is 1. The van der Waals surface area contributed by atoms with Gasteiger partial charge in [-0.2, -0.15) is 18.3 Å². The summed E-state index contributed by atoms with van der Waals surface area (Å²) in [5, 5.41) is 5.07. The molecule has 3 aromatic rings. The maximum absolute atomic E-state index is 12.8. The molecule has 0 saturated carbocycles. The summed E-state index contributed by atoms with van der Waals surface area (Å²) in [7, 11) is 1.48. The molecule has 10 heteroatoms. The van der Waals surface area contributed by atoms with E-state index in [0.717, 1.165) is 12.1 Å². The molecule has 0 fully saturated rings. The number of methoxy groups -OCH3 is 1. The predicted molar refractivity (Wildman–Crippen MR) is 121 cm³/mol. The smallest absolute Gasteiger partial charge is 0.416 e. The molecule has 3 rings (SSSR count). The molecule has 0 amide bonds. The van der Waals surface area contributed by atoms with Crippen LogP contribution in [0, 0.1) is 0 Å². The molecule has 0 aromatic heterocycles. The minimum absolute atomic E-state index is 0.0686. The van der Waals surface area contributed by atoms with Crippen LogP contribution < -0.4 is 14.9 Å². The maximum Gasteiger partial charge on any atom is 0.416 e. The van der Waals surface area contributed by atoms with E-state index in [1.165, 1.54) is 25.5 Å². The third-order valence-corrected chi connectivity index (χ3v) is 5.49. The van der Waals surface area contributed by atoms with Crippen LogP contribution in [0.3, 0.4) is 0 Å². The Kier molecular flexibility index (Phi) is 7.77. The molecule has 0 saturated heterocycles. The Labute approximate surface area is 197 Å². The van der Waals surface area contributed by atoms with Crippen LogP contribution in [0.5, 0.6) is 11.5 Å². The fourth-order valence-electron chi connectivity index (χ4n) is 2.68. The van der Waals surface area contributed by atoms with Gasteiger partial charge in [0.1, 0.15) is 6.61 Å². The monoisotopic (exact) mass is 502 g/mol. The topological polar surface area (TPSA) is 42.8 Å². The number of benzene rings is 3. The van der Waals surface area contributed by atoms with Crippen molar-refractivity contribution in [3.8, 4) is 11.5 Å². The highest BCUT2D eigenvalue weighted by atomic mass is 35.5. The highest BCUT2D eigenvalue weighted by Crippen LogP contribution is 2.34. The van der Waals surface area contributed by atoms with Gasteiger partial charge in [0, 0.05) is 10.6 Å². The fraction of sp³-hybridized carbons (Fsp3) is 0.136. The molecule has 1 N–H and O–H groups in total. The number of alkyl halides is 3. The quantitative estimate of drug-likeness (QED) is 0.204. The fourth-order valence-corrected chi connectivity index (χ4v) is 3.34.